The van der Waals surface area contributed by atoms with Crippen LogP contribution in [-0.4, -0.2) is 25.2 Å². The standard InChI is InChI=1S/C44H43BrF2N4O6/c1-3-5-7-9-25-54-40-23-19-34(27-38(40)46)50-48-32-15-11-30(12-16-32)43(52)56-36-21-22-37(45)42(29-36)57-44(53)31-13-17-33(18-14-31)49-51-35-20-24-41(39(47)28-35)55-26-10-8-6-4-2/h11-24,27-29H,3-10,25-26H2,1-2H3. The Hall–Kier alpha value is -5.82. The molecule has 0 saturated heterocycles. The van der Waals surface area contributed by atoms with Crippen molar-refractivity contribution in [1.82, 2.24) is 0 Å². The van der Waals surface area contributed by atoms with Gasteiger partial charge < -0.3 is 18.9 Å². The van der Waals surface area contributed by atoms with Crippen LogP contribution in [0.3, 0.4) is 0 Å². The SMILES string of the molecule is CCCCCCOc1ccc(N=Nc2ccc(C(=O)Oc3ccc(Br)c(OC(=O)c4ccc(N=Nc5ccc(OCCCCCC)c(F)c5)cc4)c3)cc2)cc1F. The third-order valence-corrected chi connectivity index (χ3v) is 9.08. The van der Waals surface area contributed by atoms with Gasteiger partial charge in [0.2, 0.25) is 0 Å². The maximum Gasteiger partial charge on any atom is 0.343 e. The molecule has 5 rings (SSSR count). The first-order valence-electron chi connectivity index (χ1n) is 18.8. The quantitative estimate of drug-likeness (QED) is 0.0333. The van der Waals surface area contributed by atoms with Gasteiger partial charge in [0.25, 0.3) is 0 Å². The van der Waals surface area contributed by atoms with Crippen LogP contribution in [0.25, 0.3) is 0 Å². The molecule has 5 aromatic carbocycles. The number of carbonyl (C=O) groups is 2. The van der Waals surface area contributed by atoms with E-state index in [-0.39, 0.29) is 34.1 Å². The molecule has 0 fully saturated rings. The number of azo groups is 2. The first-order valence-corrected chi connectivity index (χ1v) is 19.6. The van der Waals surface area contributed by atoms with E-state index in [1.54, 1.807) is 48.5 Å². The molecule has 0 aliphatic rings. The van der Waals surface area contributed by atoms with E-state index >= 15 is 0 Å². The Morgan fingerprint density at radius 3 is 1.40 bits per heavy atom. The normalized spacial score (nSPS) is 11.2. The third kappa shape index (κ3) is 13.4. The Labute approximate surface area is 339 Å². The van der Waals surface area contributed by atoms with Crippen LogP contribution in [0, 0.1) is 11.6 Å². The summed E-state index contributed by atoms with van der Waals surface area (Å²) in [6.45, 7) is 5.15. The summed E-state index contributed by atoms with van der Waals surface area (Å²) in [5.74, 6) is -1.73. The minimum atomic E-state index is -0.662. The highest BCUT2D eigenvalue weighted by molar-refractivity contribution is 9.10. The topological polar surface area (TPSA) is 121 Å². The molecule has 0 bridgehead atoms. The van der Waals surface area contributed by atoms with Crippen molar-refractivity contribution < 1.29 is 37.3 Å². The largest absolute Gasteiger partial charge is 0.491 e. The molecule has 0 aliphatic carbocycles. The van der Waals surface area contributed by atoms with Crippen molar-refractivity contribution in [3.05, 3.63) is 130 Å². The summed E-state index contributed by atoms with van der Waals surface area (Å²) in [5, 5.41) is 16.4. The Morgan fingerprint density at radius 2 is 0.947 bits per heavy atom. The molecule has 0 spiro atoms. The molecule has 0 saturated carbocycles. The van der Waals surface area contributed by atoms with Gasteiger partial charge in [-0.25, -0.2) is 18.4 Å². The average molecular weight is 842 g/mol. The summed E-state index contributed by atoms with van der Waals surface area (Å²) in [6.07, 6.45) is 8.27. The lowest BCUT2D eigenvalue weighted by Crippen LogP contribution is -2.10. The fraction of sp³-hybridized carbons (Fsp3) is 0.273. The van der Waals surface area contributed by atoms with Crippen molar-refractivity contribution in [3.63, 3.8) is 0 Å². The summed E-state index contributed by atoms with van der Waals surface area (Å²) in [6, 6.07) is 25.7. The Bertz CT molecular complexity index is 2160. The van der Waals surface area contributed by atoms with Crippen LogP contribution in [0.15, 0.2) is 128 Å². The predicted octanol–water partition coefficient (Wildman–Crippen LogP) is 13.9. The van der Waals surface area contributed by atoms with Crippen LogP contribution in [0.5, 0.6) is 23.0 Å². The van der Waals surface area contributed by atoms with E-state index in [0.29, 0.717) is 40.4 Å². The molecule has 0 unspecified atom stereocenters. The van der Waals surface area contributed by atoms with Crippen LogP contribution in [0.1, 0.15) is 85.9 Å². The summed E-state index contributed by atoms with van der Waals surface area (Å²) in [7, 11) is 0. The number of carbonyl (C=O) groups excluding carboxylic acids is 2. The number of nitrogens with zero attached hydrogens (tertiary/aromatic N) is 4. The second-order valence-electron chi connectivity index (χ2n) is 12.9. The molecule has 0 N–H and O–H groups in total. The predicted molar refractivity (Wildman–Crippen MR) is 217 cm³/mol. The lowest BCUT2D eigenvalue weighted by molar-refractivity contribution is 0.0732. The highest BCUT2D eigenvalue weighted by atomic mass is 79.9. The number of halogens is 3. The van der Waals surface area contributed by atoms with Crippen LogP contribution >= 0.6 is 15.9 Å². The highest BCUT2D eigenvalue weighted by Gasteiger charge is 2.15. The minimum absolute atomic E-state index is 0.128. The van der Waals surface area contributed by atoms with Gasteiger partial charge in [-0.15, -0.1) is 0 Å². The summed E-state index contributed by atoms with van der Waals surface area (Å²) < 4.78 is 51.6. The zero-order chi connectivity index (χ0) is 40.4. The Balaban J connectivity index is 1.11. The lowest BCUT2D eigenvalue weighted by Gasteiger charge is -2.10. The minimum Gasteiger partial charge on any atom is -0.491 e. The van der Waals surface area contributed by atoms with Gasteiger partial charge in [-0.2, -0.15) is 20.5 Å². The molecule has 0 aliphatic heterocycles. The molecule has 0 aromatic heterocycles. The van der Waals surface area contributed by atoms with E-state index in [1.807, 2.05) is 0 Å². The number of ether oxygens (including phenoxy) is 4. The van der Waals surface area contributed by atoms with E-state index in [9.17, 15) is 18.4 Å². The molecule has 296 valence electrons. The second kappa shape index (κ2) is 22.1. The van der Waals surface area contributed by atoms with Gasteiger partial charge in [0, 0.05) is 18.2 Å². The zero-order valence-electron chi connectivity index (χ0n) is 31.8. The fourth-order valence-corrected chi connectivity index (χ4v) is 5.60. The summed E-state index contributed by atoms with van der Waals surface area (Å²) in [5.41, 5.74) is 1.98. The monoisotopic (exact) mass is 840 g/mol. The third-order valence-electron chi connectivity index (χ3n) is 8.43. The van der Waals surface area contributed by atoms with Crippen molar-refractivity contribution in [2.75, 3.05) is 13.2 Å². The van der Waals surface area contributed by atoms with Gasteiger partial charge in [0.1, 0.15) is 11.5 Å². The fourth-order valence-electron chi connectivity index (χ4n) is 5.27. The maximum atomic E-state index is 14.5. The molecular formula is C44H43BrF2N4O6. The van der Waals surface area contributed by atoms with E-state index in [2.05, 4.69) is 50.2 Å². The first-order chi connectivity index (χ1) is 27.7. The molecule has 0 atom stereocenters. The molecule has 5 aromatic rings. The Morgan fingerprint density at radius 1 is 0.509 bits per heavy atom. The van der Waals surface area contributed by atoms with E-state index in [1.165, 1.54) is 54.6 Å². The van der Waals surface area contributed by atoms with E-state index < -0.39 is 23.6 Å². The van der Waals surface area contributed by atoms with Crippen molar-refractivity contribution in [2.45, 2.75) is 65.2 Å². The average Bonchev–Trinajstić information content (AvgIpc) is 3.22. The summed E-state index contributed by atoms with van der Waals surface area (Å²) in [4.78, 5) is 25.9. The highest BCUT2D eigenvalue weighted by Crippen LogP contribution is 2.32. The van der Waals surface area contributed by atoms with Gasteiger partial charge in [-0.1, -0.05) is 52.4 Å². The number of unbranched alkanes of at least 4 members (excludes halogenated alkanes) is 6. The van der Waals surface area contributed by atoms with Crippen molar-refractivity contribution >= 4 is 50.6 Å². The lowest BCUT2D eigenvalue weighted by atomic mass is 10.2. The van der Waals surface area contributed by atoms with Gasteiger partial charge in [0.05, 0.1) is 51.6 Å². The molecule has 10 nitrogen and oxygen atoms in total. The van der Waals surface area contributed by atoms with Gasteiger partial charge in [-0.3, -0.25) is 0 Å². The zero-order valence-corrected chi connectivity index (χ0v) is 33.3. The maximum absolute atomic E-state index is 14.5. The smallest absolute Gasteiger partial charge is 0.343 e. The molecule has 57 heavy (non-hydrogen) atoms. The molecule has 0 heterocycles. The molecule has 0 amide bonds. The summed E-state index contributed by atoms with van der Waals surface area (Å²) >= 11 is 3.37. The molecule has 0 radical (unpaired) electrons. The van der Waals surface area contributed by atoms with Gasteiger partial charge in [0.15, 0.2) is 23.1 Å². The van der Waals surface area contributed by atoms with Crippen LogP contribution < -0.4 is 18.9 Å². The number of hydrogen-bond acceptors (Lipinski definition) is 10. The van der Waals surface area contributed by atoms with Crippen LogP contribution in [0.2, 0.25) is 0 Å². The molecular weight excluding hydrogens is 798 g/mol. The Kier molecular flexibility index (Phi) is 16.4. The second-order valence-corrected chi connectivity index (χ2v) is 13.8. The van der Waals surface area contributed by atoms with Crippen LogP contribution in [0.4, 0.5) is 31.5 Å². The first kappa shape index (κ1) is 42.3. The van der Waals surface area contributed by atoms with Gasteiger partial charge >= 0.3 is 11.9 Å². The number of hydrogen-bond donors (Lipinski definition) is 0. The van der Waals surface area contributed by atoms with Crippen molar-refractivity contribution in [2.24, 2.45) is 20.5 Å². The number of benzene rings is 5. The number of rotatable bonds is 20. The van der Waals surface area contributed by atoms with E-state index in [4.69, 9.17) is 18.9 Å². The van der Waals surface area contributed by atoms with Crippen molar-refractivity contribution in [3.8, 4) is 23.0 Å². The van der Waals surface area contributed by atoms with Gasteiger partial charge in [-0.05, 0) is 114 Å². The number of esters is 2. The van der Waals surface area contributed by atoms with Crippen molar-refractivity contribution in [1.29, 1.82) is 0 Å². The molecule has 13 heteroatoms. The van der Waals surface area contributed by atoms with Crippen LogP contribution in [-0.2, 0) is 0 Å². The van der Waals surface area contributed by atoms with E-state index in [0.717, 1.165) is 51.4 Å².